The van der Waals surface area contributed by atoms with E-state index in [2.05, 4.69) is 16.9 Å². The highest BCUT2D eigenvalue weighted by atomic mass is 35.5. The van der Waals surface area contributed by atoms with Gasteiger partial charge in [0.1, 0.15) is 12.4 Å². The lowest BCUT2D eigenvalue weighted by Crippen LogP contribution is -2.19. The Balaban J connectivity index is 1.79. The van der Waals surface area contributed by atoms with Crippen molar-refractivity contribution in [2.24, 2.45) is 4.99 Å². The number of nitrogens with zero attached hydrogens (tertiary/aromatic N) is 1. The molecule has 9 heteroatoms. The average Bonchev–Trinajstić information content (AvgIpc) is 3.01. The van der Waals surface area contributed by atoms with Gasteiger partial charge in [-0.1, -0.05) is 36.4 Å². The number of hydrogen-bond acceptors (Lipinski definition) is 4. The summed E-state index contributed by atoms with van der Waals surface area (Å²) >= 11 is 6.96. The summed E-state index contributed by atoms with van der Waals surface area (Å²) < 4.78 is 44.1. The molecule has 1 fully saturated rings. The smallest absolute Gasteiger partial charge is 0.416 e. The Bertz CT molecular complexity index is 1000. The molecule has 2 aromatic rings. The molecule has 29 heavy (non-hydrogen) atoms. The Morgan fingerprint density at radius 1 is 1.21 bits per heavy atom. The molecule has 4 nitrogen and oxygen atoms in total. The Morgan fingerprint density at radius 2 is 1.93 bits per heavy atom. The van der Waals surface area contributed by atoms with Crippen LogP contribution in [-0.2, 0) is 11.0 Å². The fourth-order valence-electron chi connectivity index (χ4n) is 2.33. The second-order valence-electron chi connectivity index (χ2n) is 5.81. The van der Waals surface area contributed by atoms with Crippen molar-refractivity contribution >= 4 is 46.2 Å². The van der Waals surface area contributed by atoms with Gasteiger partial charge in [0.05, 0.1) is 21.2 Å². The Kier molecular flexibility index (Phi) is 6.34. The van der Waals surface area contributed by atoms with Crippen molar-refractivity contribution in [2.75, 3.05) is 6.61 Å². The second kappa shape index (κ2) is 8.75. The first-order valence-corrected chi connectivity index (χ1v) is 9.46. The van der Waals surface area contributed by atoms with Crippen molar-refractivity contribution < 1.29 is 22.7 Å². The molecule has 0 unspecified atom stereocenters. The molecule has 1 amide bonds. The van der Waals surface area contributed by atoms with Crippen LogP contribution in [0, 0.1) is 0 Å². The topological polar surface area (TPSA) is 50.7 Å². The van der Waals surface area contributed by atoms with Crippen molar-refractivity contribution in [3.8, 4) is 5.75 Å². The quantitative estimate of drug-likeness (QED) is 0.473. The summed E-state index contributed by atoms with van der Waals surface area (Å²) in [6.45, 7) is 3.96. The summed E-state index contributed by atoms with van der Waals surface area (Å²) in [5.74, 6) is 0.265. The zero-order valence-electron chi connectivity index (χ0n) is 14.8. The number of amidine groups is 1. The van der Waals surface area contributed by atoms with Crippen LogP contribution >= 0.6 is 23.4 Å². The van der Waals surface area contributed by atoms with Crippen LogP contribution in [0.3, 0.4) is 0 Å². The van der Waals surface area contributed by atoms with Crippen LogP contribution in [0.25, 0.3) is 6.08 Å². The van der Waals surface area contributed by atoms with Crippen molar-refractivity contribution in [1.29, 1.82) is 0 Å². The van der Waals surface area contributed by atoms with E-state index in [1.165, 1.54) is 0 Å². The molecule has 0 bridgehead atoms. The lowest BCUT2D eigenvalue weighted by Gasteiger charge is -2.08. The van der Waals surface area contributed by atoms with Gasteiger partial charge in [0.15, 0.2) is 5.17 Å². The Labute approximate surface area is 174 Å². The van der Waals surface area contributed by atoms with Crippen LogP contribution < -0.4 is 10.1 Å². The normalized spacial score (nSPS) is 16.9. The maximum atomic E-state index is 12.9. The fraction of sp³-hybridized carbons (Fsp3) is 0.100. The van der Waals surface area contributed by atoms with Crippen LogP contribution in [0.4, 0.5) is 18.9 Å². The number of nitrogens with one attached hydrogen (secondary N) is 1. The number of rotatable bonds is 5. The SMILES string of the molecule is C=CCOc1ccc(C=C2SC(=Nc3cc(C(F)(F)F)ccc3Cl)NC2=O)cc1. The van der Waals surface area contributed by atoms with E-state index >= 15 is 0 Å². The van der Waals surface area contributed by atoms with Crippen molar-refractivity contribution in [3.63, 3.8) is 0 Å². The first-order chi connectivity index (χ1) is 13.8. The molecule has 3 rings (SSSR count). The van der Waals surface area contributed by atoms with Crippen LogP contribution in [0.1, 0.15) is 11.1 Å². The molecule has 0 aliphatic carbocycles. The molecule has 0 atom stereocenters. The van der Waals surface area contributed by atoms with Gasteiger partial charge in [-0.25, -0.2) is 4.99 Å². The van der Waals surface area contributed by atoms with Gasteiger partial charge < -0.3 is 10.1 Å². The summed E-state index contributed by atoms with van der Waals surface area (Å²) in [4.78, 5) is 16.6. The molecular formula is C20H14ClF3N2O2S. The number of ether oxygens (including phenoxy) is 1. The lowest BCUT2D eigenvalue weighted by atomic mass is 10.2. The molecule has 0 saturated carbocycles. The van der Waals surface area contributed by atoms with E-state index in [9.17, 15) is 18.0 Å². The third-order valence-electron chi connectivity index (χ3n) is 3.69. The van der Waals surface area contributed by atoms with Crippen molar-refractivity contribution in [2.45, 2.75) is 6.18 Å². The molecule has 1 heterocycles. The van der Waals surface area contributed by atoms with Gasteiger partial charge in [-0.2, -0.15) is 13.2 Å². The molecule has 1 aliphatic heterocycles. The molecule has 1 N–H and O–H groups in total. The first-order valence-electron chi connectivity index (χ1n) is 8.26. The number of halogens is 4. The Morgan fingerprint density at radius 3 is 2.59 bits per heavy atom. The summed E-state index contributed by atoms with van der Waals surface area (Å²) in [5, 5.41) is 2.72. The average molecular weight is 439 g/mol. The highest BCUT2D eigenvalue weighted by Gasteiger charge is 2.31. The second-order valence-corrected chi connectivity index (χ2v) is 7.25. The molecule has 150 valence electrons. The van der Waals surface area contributed by atoms with Crippen LogP contribution in [0.2, 0.25) is 5.02 Å². The third kappa shape index (κ3) is 5.42. The van der Waals surface area contributed by atoms with Crippen LogP contribution in [0.15, 0.2) is 65.0 Å². The zero-order valence-corrected chi connectivity index (χ0v) is 16.4. The maximum Gasteiger partial charge on any atom is 0.416 e. The van der Waals surface area contributed by atoms with Gasteiger partial charge in [0.25, 0.3) is 5.91 Å². The van der Waals surface area contributed by atoms with Gasteiger partial charge in [-0.15, -0.1) is 0 Å². The number of hydrogen-bond donors (Lipinski definition) is 1. The summed E-state index contributed by atoms with van der Waals surface area (Å²) in [7, 11) is 0. The fourth-order valence-corrected chi connectivity index (χ4v) is 3.33. The van der Waals surface area contributed by atoms with E-state index in [1.807, 2.05) is 0 Å². The van der Waals surface area contributed by atoms with Gasteiger partial charge >= 0.3 is 6.18 Å². The summed E-state index contributed by atoms with van der Waals surface area (Å²) in [5.41, 5.74) is -0.189. The van der Waals surface area contributed by atoms with Crippen molar-refractivity contribution in [1.82, 2.24) is 5.32 Å². The van der Waals surface area contributed by atoms with E-state index in [-0.39, 0.29) is 15.9 Å². The zero-order chi connectivity index (χ0) is 21.0. The molecule has 1 aliphatic rings. The molecular weight excluding hydrogens is 425 g/mol. The molecule has 0 radical (unpaired) electrons. The standard InChI is InChI=1S/C20H14ClF3N2O2S/c1-2-9-28-14-6-3-12(4-7-14)10-17-18(27)26-19(29-17)25-16-11-13(20(22,23)24)5-8-15(16)21/h2-8,10-11H,1,9H2,(H,25,26,27). The maximum absolute atomic E-state index is 12.9. The van der Waals surface area contributed by atoms with E-state index in [4.69, 9.17) is 16.3 Å². The largest absolute Gasteiger partial charge is 0.490 e. The third-order valence-corrected chi connectivity index (χ3v) is 4.92. The summed E-state index contributed by atoms with van der Waals surface area (Å²) in [6.07, 6.45) is -1.24. The van der Waals surface area contributed by atoms with E-state index in [0.717, 1.165) is 35.5 Å². The lowest BCUT2D eigenvalue weighted by molar-refractivity contribution is -0.137. The van der Waals surface area contributed by atoms with E-state index in [0.29, 0.717) is 17.3 Å². The first kappa shape index (κ1) is 21.0. The van der Waals surface area contributed by atoms with Gasteiger partial charge in [0, 0.05) is 0 Å². The summed E-state index contributed by atoms with van der Waals surface area (Å²) in [6, 6.07) is 9.90. The van der Waals surface area contributed by atoms with E-state index < -0.39 is 17.6 Å². The van der Waals surface area contributed by atoms with Crippen LogP contribution in [-0.4, -0.2) is 17.7 Å². The predicted molar refractivity (Wildman–Crippen MR) is 109 cm³/mol. The van der Waals surface area contributed by atoms with E-state index in [1.54, 1.807) is 36.4 Å². The number of amides is 1. The number of aliphatic imine (C=N–C) groups is 1. The highest BCUT2D eigenvalue weighted by Crippen LogP contribution is 2.36. The number of carbonyl (C=O) groups excluding carboxylic acids is 1. The van der Waals surface area contributed by atoms with Crippen LogP contribution in [0.5, 0.6) is 5.75 Å². The highest BCUT2D eigenvalue weighted by molar-refractivity contribution is 8.18. The predicted octanol–water partition coefficient (Wildman–Crippen LogP) is 5.82. The monoisotopic (exact) mass is 438 g/mol. The van der Waals surface area contributed by atoms with Gasteiger partial charge in [-0.3, -0.25) is 4.79 Å². The van der Waals surface area contributed by atoms with Crippen molar-refractivity contribution in [3.05, 3.63) is 76.2 Å². The molecule has 1 saturated heterocycles. The van der Waals surface area contributed by atoms with Gasteiger partial charge in [-0.05, 0) is 53.7 Å². The minimum atomic E-state index is -4.52. The molecule has 2 aromatic carbocycles. The minimum Gasteiger partial charge on any atom is -0.490 e. The minimum absolute atomic E-state index is 0.0490. The number of benzene rings is 2. The Hall–Kier alpha value is -2.71. The number of carbonyl (C=O) groups is 1. The molecule has 0 aromatic heterocycles. The number of alkyl halides is 3. The van der Waals surface area contributed by atoms with Gasteiger partial charge in [0.2, 0.25) is 0 Å². The molecule has 0 spiro atoms. The number of thioether (sulfide) groups is 1.